The number of rotatable bonds is 12. The molecule has 7 rings (SSSR count). The molecule has 0 spiro atoms. The maximum atomic E-state index is 13.7. The van der Waals surface area contributed by atoms with Gasteiger partial charge in [-0.05, 0) is 110 Å². The van der Waals surface area contributed by atoms with E-state index < -0.39 is 15.9 Å². The number of carbonyl (C=O) groups is 1. The fourth-order valence-electron chi connectivity index (χ4n) is 6.98. The van der Waals surface area contributed by atoms with Crippen LogP contribution in [-0.4, -0.2) is 70.1 Å². The highest BCUT2D eigenvalue weighted by molar-refractivity contribution is 7.90. The van der Waals surface area contributed by atoms with E-state index in [2.05, 4.69) is 21.9 Å². The zero-order chi connectivity index (χ0) is 36.4. The number of fused-ring (bicyclic) bond motifs is 2. The maximum absolute atomic E-state index is 13.7. The van der Waals surface area contributed by atoms with Gasteiger partial charge in [-0.25, -0.2) is 12.4 Å². The van der Waals surface area contributed by atoms with Crippen LogP contribution in [0.4, 0.5) is 5.69 Å². The van der Waals surface area contributed by atoms with Crippen LogP contribution in [0.25, 0.3) is 33.0 Å². The Balaban J connectivity index is 1.00. The van der Waals surface area contributed by atoms with Gasteiger partial charge in [0.2, 0.25) is 0 Å². The number of piperazine rings is 1. The number of amides is 1. The van der Waals surface area contributed by atoms with Crippen molar-refractivity contribution in [3.8, 4) is 28.7 Å². The number of carbonyl (C=O) groups excluding carboxylic acids is 1. The molecule has 0 radical (unpaired) electrons. The highest BCUT2D eigenvalue weighted by Crippen LogP contribution is 2.38. The largest absolute Gasteiger partial charge is 0.497 e. The van der Waals surface area contributed by atoms with Crippen molar-refractivity contribution >= 4 is 43.5 Å². The molecule has 266 valence electrons. The van der Waals surface area contributed by atoms with Crippen LogP contribution >= 0.6 is 0 Å². The molecular weight excluding hydrogens is 679 g/mol. The second kappa shape index (κ2) is 14.5. The molecule has 1 fully saturated rings. The molecule has 52 heavy (non-hydrogen) atoms. The zero-order valence-corrected chi connectivity index (χ0v) is 29.9. The molecule has 0 saturated carbocycles. The van der Waals surface area contributed by atoms with E-state index in [4.69, 9.17) is 19.6 Å². The first-order valence-electron chi connectivity index (χ1n) is 17.1. The van der Waals surface area contributed by atoms with Crippen LogP contribution in [0, 0.1) is 11.3 Å². The molecule has 0 atom stereocenters. The molecule has 12 heteroatoms. The van der Waals surface area contributed by atoms with E-state index in [1.165, 1.54) is 11.1 Å². The molecule has 1 saturated heterocycles. The summed E-state index contributed by atoms with van der Waals surface area (Å²) in [6.45, 7) is 4.40. The monoisotopic (exact) mass is 717 g/mol. The number of ether oxygens (including phenoxy) is 2. The quantitative estimate of drug-likeness (QED) is 0.142. The number of furan rings is 1. The van der Waals surface area contributed by atoms with Crippen molar-refractivity contribution in [1.82, 2.24) is 8.87 Å². The molecule has 0 unspecified atom stereocenters. The number of aryl methyl sites for hydroxylation is 1. The van der Waals surface area contributed by atoms with Crippen LogP contribution in [0.3, 0.4) is 0 Å². The van der Waals surface area contributed by atoms with Gasteiger partial charge in [0.05, 0.1) is 36.3 Å². The van der Waals surface area contributed by atoms with E-state index in [0.717, 1.165) is 73.2 Å². The number of anilines is 1. The lowest BCUT2D eigenvalue weighted by Gasteiger charge is -2.36. The fourth-order valence-corrected chi connectivity index (χ4v) is 8.37. The number of hydrogen-bond donors (Lipinski definition) is 1. The summed E-state index contributed by atoms with van der Waals surface area (Å²) in [7, 11) is -0.718. The van der Waals surface area contributed by atoms with Crippen LogP contribution < -0.4 is 20.1 Å². The van der Waals surface area contributed by atoms with Gasteiger partial charge in [0.1, 0.15) is 17.1 Å². The van der Waals surface area contributed by atoms with Gasteiger partial charge in [-0.1, -0.05) is 12.1 Å². The van der Waals surface area contributed by atoms with Crippen LogP contribution in [-0.2, 0) is 16.4 Å². The Hall–Kier alpha value is -5.77. The molecule has 11 nitrogen and oxygen atoms in total. The van der Waals surface area contributed by atoms with Crippen LogP contribution in [0.5, 0.6) is 11.5 Å². The number of nitriles is 1. The number of aromatic nitrogens is 1. The summed E-state index contributed by atoms with van der Waals surface area (Å²) in [4.78, 5) is 17.3. The van der Waals surface area contributed by atoms with Gasteiger partial charge in [0, 0.05) is 54.4 Å². The van der Waals surface area contributed by atoms with Gasteiger partial charge in [-0.15, -0.1) is 0 Å². The zero-order valence-electron chi connectivity index (χ0n) is 29.0. The van der Waals surface area contributed by atoms with Gasteiger partial charge in [-0.2, -0.15) is 5.26 Å². The van der Waals surface area contributed by atoms with Gasteiger partial charge in [0.15, 0.2) is 5.76 Å². The molecule has 1 aliphatic heterocycles. The van der Waals surface area contributed by atoms with Crippen molar-refractivity contribution in [2.75, 3.05) is 51.8 Å². The highest BCUT2D eigenvalue weighted by Gasteiger charge is 2.24. The Morgan fingerprint density at radius 2 is 1.56 bits per heavy atom. The van der Waals surface area contributed by atoms with Crippen LogP contribution in [0.1, 0.15) is 34.5 Å². The summed E-state index contributed by atoms with van der Waals surface area (Å²) in [5.41, 5.74) is 10.8. The van der Waals surface area contributed by atoms with E-state index in [1.54, 1.807) is 55.8 Å². The number of benzene rings is 4. The molecule has 0 bridgehead atoms. The summed E-state index contributed by atoms with van der Waals surface area (Å²) in [5.74, 6) is 0.811. The first kappa shape index (κ1) is 34.7. The van der Waals surface area contributed by atoms with Gasteiger partial charge < -0.3 is 24.5 Å². The molecule has 4 aromatic carbocycles. The van der Waals surface area contributed by atoms with E-state index >= 15 is 0 Å². The summed E-state index contributed by atoms with van der Waals surface area (Å²) in [6, 6.07) is 27.1. The molecule has 1 aliphatic rings. The standard InChI is InChI=1S/C40H39N5O6S/c1-49-31-10-7-28(8-11-31)38-35-24-30(9-17-37(35)51-39(38)40(42)46)44-21-19-43(20-22-44)18-4-3-5-29-26-45(36-16-6-27(25-41)23-34(29)36)52(47,48)33-14-12-32(50-2)13-15-33/h6-17,23-24,26H,3-5,18-22H2,1-2H3,(H2,42,46). The lowest BCUT2D eigenvalue weighted by Crippen LogP contribution is -2.46. The first-order valence-corrected chi connectivity index (χ1v) is 18.6. The Labute approximate surface area is 302 Å². The van der Waals surface area contributed by atoms with E-state index in [0.29, 0.717) is 40.1 Å². The van der Waals surface area contributed by atoms with Crippen molar-refractivity contribution in [3.63, 3.8) is 0 Å². The normalized spacial score (nSPS) is 13.8. The first-order chi connectivity index (χ1) is 25.2. The second-order valence-corrected chi connectivity index (χ2v) is 14.7. The second-order valence-electron chi connectivity index (χ2n) is 12.8. The van der Waals surface area contributed by atoms with Crippen molar-refractivity contribution in [2.24, 2.45) is 5.73 Å². The van der Waals surface area contributed by atoms with Crippen molar-refractivity contribution in [1.29, 1.82) is 5.26 Å². The Bertz CT molecular complexity index is 2400. The third-order valence-corrected chi connectivity index (χ3v) is 11.5. The number of hydrogen-bond acceptors (Lipinski definition) is 9. The highest BCUT2D eigenvalue weighted by atomic mass is 32.2. The summed E-state index contributed by atoms with van der Waals surface area (Å²) in [5, 5.41) is 11.2. The number of nitrogens with two attached hydrogens (primary N) is 1. The molecule has 2 N–H and O–H groups in total. The minimum Gasteiger partial charge on any atom is -0.497 e. The summed E-state index contributed by atoms with van der Waals surface area (Å²) >= 11 is 0. The number of unbranched alkanes of at least 4 members (excludes halogenated alkanes) is 1. The Morgan fingerprint density at radius 3 is 2.21 bits per heavy atom. The average molecular weight is 718 g/mol. The lowest BCUT2D eigenvalue weighted by molar-refractivity contribution is 0.0977. The minimum absolute atomic E-state index is 0.135. The van der Waals surface area contributed by atoms with Crippen LogP contribution in [0.15, 0.2) is 100 Å². The van der Waals surface area contributed by atoms with Gasteiger partial charge in [-0.3, -0.25) is 9.69 Å². The number of primary amides is 1. The lowest BCUT2D eigenvalue weighted by atomic mass is 10.0. The van der Waals surface area contributed by atoms with E-state index in [1.807, 2.05) is 36.4 Å². The molecule has 2 aromatic heterocycles. The summed E-state index contributed by atoms with van der Waals surface area (Å²) in [6.07, 6.45) is 4.20. The SMILES string of the molecule is COc1ccc(-c2c(C(N)=O)oc3ccc(N4CCN(CCCCc5cn(S(=O)(=O)c6ccc(OC)cc6)c6ccc(C#N)cc56)CC4)cc23)cc1. The van der Waals surface area contributed by atoms with Gasteiger partial charge >= 0.3 is 0 Å². The topological polar surface area (TPSA) is 144 Å². The van der Waals surface area contributed by atoms with Crippen molar-refractivity contribution in [2.45, 2.75) is 24.2 Å². The maximum Gasteiger partial charge on any atom is 0.285 e. The molecule has 6 aromatic rings. The molecule has 1 amide bonds. The third kappa shape index (κ3) is 6.68. The average Bonchev–Trinajstić information content (AvgIpc) is 3.75. The Morgan fingerprint density at radius 1 is 0.865 bits per heavy atom. The van der Waals surface area contributed by atoms with Crippen molar-refractivity contribution in [3.05, 3.63) is 108 Å². The smallest absolute Gasteiger partial charge is 0.285 e. The van der Waals surface area contributed by atoms with Gasteiger partial charge in [0.25, 0.3) is 15.9 Å². The van der Waals surface area contributed by atoms with Crippen LogP contribution in [0.2, 0.25) is 0 Å². The third-order valence-electron chi connectivity index (χ3n) is 9.78. The fraction of sp³-hybridized carbons (Fsp3) is 0.250. The van der Waals surface area contributed by atoms with Crippen molar-refractivity contribution < 1.29 is 27.1 Å². The molecular formula is C40H39N5O6S. The number of methoxy groups -OCH3 is 2. The minimum atomic E-state index is -3.86. The van der Waals surface area contributed by atoms with E-state index in [-0.39, 0.29) is 10.7 Å². The predicted octanol–water partition coefficient (Wildman–Crippen LogP) is 6.42. The Kier molecular flexibility index (Phi) is 9.64. The van der Waals surface area contributed by atoms with E-state index in [9.17, 15) is 18.5 Å². The molecule has 3 heterocycles. The summed E-state index contributed by atoms with van der Waals surface area (Å²) < 4.78 is 45.1. The predicted molar refractivity (Wildman–Crippen MR) is 201 cm³/mol. The molecule has 0 aliphatic carbocycles. The number of nitrogens with zero attached hydrogens (tertiary/aromatic N) is 4.